The number of methoxy groups -OCH3 is 3. The van der Waals surface area contributed by atoms with Gasteiger partial charge in [-0.05, 0) is 36.2 Å². The lowest BCUT2D eigenvalue weighted by Crippen LogP contribution is -2.50. The number of carbonyl (C=O) groups is 1. The highest BCUT2D eigenvalue weighted by Gasteiger charge is 2.22. The van der Waals surface area contributed by atoms with E-state index in [0.717, 1.165) is 31.8 Å². The largest absolute Gasteiger partial charge is 0.497 e. The van der Waals surface area contributed by atoms with E-state index in [2.05, 4.69) is 22.3 Å². The third-order valence-electron chi connectivity index (χ3n) is 5.16. The lowest BCUT2D eigenvalue weighted by atomic mass is 10.1. The molecule has 0 unspecified atom stereocenters. The van der Waals surface area contributed by atoms with E-state index in [1.807, 2.05) is 17.0 Å². The predicted molar refractivity (Wildman–Crippen MR) is 113 cm³/mol. The summed E-state index contributed by atoms with van der Waals surface area (Å²) in [5.41, 5.74) is 1.87. The van der Waals surface area contributed by atoms with E-state index in [9.17, 15) is 4.79 Å². The molecule has 0 atom stereocenters. The first-order valence-electron chi connectivity index (χ1n) is 9.76. The van der Waals surface area contributed by atoms with Crippen LogP contribution >= 0.6 is 0 Å². The quantitative estimate of drug-likeness (QED) is 0.775. The molecule has 7 heteroatoms. The highest BCUT2D eigenvalue weighted by molar-refractivity contribution is 5.91. The Morgan fingerprint density at radius 3 is 2.34 bits per heavy atom. The Morgan fingerprint density at radius 1 is 0.931 bits per heavy atom. The second kappa shape index (κ2) is 10.0. The zero-order valence-corrected chi connectivity index (χ0v) is 17.3. The van der Waals surface area contributed by atoms with Gasteiger partial charge in [0, 0.05) is 38.8 Å². The van der Waals surface area contributed by atoms with E-state index in [0.29, 0.717) is 30.3 Å². The zero-order valence-electron chi connectivity index (χ0n) is 17.3. The van der Waals surface area contributed by atoms with Crippen LogP contribution in [-0.4, -0.2) is 69.9 Å². The van der Waals surface area contributed by atoms with Gasteiger partial charge >= 0.3 is 6.03 Å². The number of piperazine rings is 1. The molecule has 0 bridgehead atoms. The average Bonchev–Trinajstić information content (AvgIpc) is 2.78. The normalized spacial score (nSPS) is 14.4. The van der Waals surface area contributed by atoms with Gasteiger partial charge in [-0.2, -0.15) is 0 Å². The van der Waals surface area contributed by atoms with Gasteiger partial charge in [0.15, 0.2) is 0 Å². The second-order valence-corrected chi connectivity index (χ2v) is 6.93. The van der Waals surface area contributed by atoms with Crippen molar-refractivity contribution in [1.29, 1.82) is 0 Å². The van der Waals surface area contributed by atoms with E-state index in [4.69, 9.17) is 14.2 Å². The van der Waals surface area contributed by atoms with Crippen LogP contribution in [0.2, 0.25) is 0 Å². The Labute approximate surface area is 172 Å². The molecule has 0 aromatic heterocycles. The van der Waals surface area contributed by atoms with E-state index in [1.54, 1.807) is 39.5 Å². The van der Waals surface area contributed by atoms with Crippen LogP contribution in [0.15, 0.2) is 42.5 Å². The molecule has 1 saturated heterocycles. The van der Waals surface area contributed by atoms with Crippen LogP contribution in [0.4, 0.5) is 10.5 Å². The zero-order chi connectivity index (χ0) is 20.6. The molecule has 1 aliphatic heterocycles. The number of rotatable bonds is 7. The molecule has 1 heterocycles. The molecular weight excluding hydrogens is 370 g/mol. The number of hydrogen-bond donors (Lipinski definition) is 1. The number of carbonyl (C=O) groups excluding carboxylic acids is 1. The van der Waals surface area contributed by atoms with Gasteiger partial charge in [-0.3, -0.25) is 4.90 Å². The van der Waals surface area contributed by atoms with Crippen molar-refractivity contribution in [2.45, 2.75) is 6.42 Å². The van der Waals surface area contributed by atoms with Crippen LogP contribution in [0.5, 0.6) is 17.2 Å². The number of anilines is 1. The summed E-state index contributed by atoms with van der Waals surface area (Å²) in [5, 5.41) is 2.94. The standard InChI is InChI=1S/C22H29N3O4/c1-27-18-6-4-5-17(15-18)9-10-24-11-13-25(14-12-24)22(26)23-20-16-19(28-2)7-8-21(20)29-3/h4-8,15-16H,9-14H2,1-3H3,(H,23,26). The van der Waals surface area contributed by atoms with Crippen molar-refractivity contribution in [3.05, 3.63) is 48.0 Å². The number of nitrogens with zero attached hydrogens (tertiary/aromatic N) is 2. The number of amides is 2. The Hall–Kier alpha value is -2.93. The van der Waals surface area contributed by atoms with Crippen molar-refractivity contribution in [2.75, 3.05) is 59.4 Å². The maximum atomic E-state index is 12.7. The topological polar surface area (TPSA) is 63.3 Å². The smallest absolute Gasteiger partial charge is 0.322 e. The maximum absolute atomic E-state index is 12.7. The van der Waals surface area contributed by atoms with Gasteiger partial charge in [0.1, 0.15) is 17.2 Å². The van der Waals surface area contributed by atoms with Gasteiger partial charge in [0.25, 0.3) is 0 Å². The first kappa shape index (κ1) is 20.8. The molecular formula is C22H29N3O4. The fourth-order valence-corrected chi connectivity index (χ4v) is 3.40. The predicted octanol–water partition coefficient (Wildman–Crippen LogP) is 3.10. The highest BCUT2D eigenvalue weighted by atomic mass is 16.5. The fourth-order valence-electron chi connectivity index (χ4n) is 3.40. The SMILES string of the molecule is COc1cccc(CCN2CCN(C(=O)Nc3cc(OC)ccc3OC)CC2)c1. The minimum absolute atomic E-state index is 0.121. The number of ether oxygens (including phenoxy) is 3. The Morgan fingerprint density at radius 2 is 1.66 bits per heavy atom. The van der Waals surface area contributed by atoms with E-state index >= 15 is 0 Å². The number of nitrogens with one attached hydrogen (secondary N) is 1. The molecule has 1 N–H and O–H groups in total. The van der Waals surface area contributed by atoms with E-state index < -0.39 is 0 Å². The Kier molecular flexibility index (Phi) is 7.19. The molecule has 156 valence electrons. The van der Waals surface area contributed by atoms with Crippen molar-refractivity contribution in [3.63, 3.8) is 0 Å². The summed E-state index contributed by atoms with van der Waals surface area (Å²) in [4.78, 5) is 16.9. The number of benzene rings is 2. The van der Waals surface area contributed by atoms with Crippen LogP contribution in [0.3, 0.4) is 0 Å². The Balaban J connectivity index is 1.49. The molecule has 3 rings (SSSR count). The molecule has 1 aliphatic rings. The van der Waals surface area contributed by atoms with E-state index in [1.165, 1.54) is 5.56 Å². The van der Waals surface area contributed by atoms with Crippen LogP contribution < -0.4 is 19.5 Å². The van der Waals surface area contributed by atoms with E-state index in [-0.39, 0.29) is 6.03 Å². The van der Waals surface area contributed by atoms with Gasteiger partial charge < -0.3 is 24.4 Å². The minimum atomic E-state index is -0.121. The second-order valence-electron chi connectivity index (χ2n) is 6.93. The summed E-state index contributed by atoms with van der Waals surface area (Å²) in [6.45, 7) is 4.05. The van der Waals surface area contributed by atoms with Crippen LogP contribution in [0.1, 0.15) is 5.56 Å². The van der Waals surface area contributed by atoms with Crippen LogP contribution in [-0.2, 0) is 6.42 Å². The molecule has 0 saturated carbocycles. The van der Waals surface area contributed by atoms with Crippen molar-refractivity contribution in [3.8, 4) is 17.2 Å². The molecule has 1 fully saturated rings. The summed E-state index contributed by atoms with van der Waals surface area (Å²) in [6.07, 6.45) is 0.963. The molecule has 0 spiro atoms. The summed E-state index contributed by atoms with van der Waals surface area (Å²) in [7, 11) is 4.86. The molecule has 7 nitrogen and oxygen atoms in total. The lowest BCUT2D eigenvalue weighted by Gasteiger charge is -2.34. The summed E-state index contributed by atoms with van der Waals surface area (Å²) >= 11 is 0. The molecule has 2 aromatic carbocycles. The van der Waals surface area contributed by atoms with Crippen LogP contribution in [0, 0.1) is 0 Å². The first-order valence-corrected chi connectivity index (χ1v) is 9.76. The molecule has 0 aliphatic carbocycles. The van der Waals surface area contributed by atoms with Gasteiger partial charge in [0.05, 0.1) is 27.0 Å². The first-order chi connectivity index (χ1) is 14.1. The van der Waals surface area contributed by atoms with Crippen molar-refractivity contribution in [2.24, 2.45) is 0 Å². The molecule has 0 radical (unpaired) electrons. The fraction of sp³-hybridized carbons (Fsp3) is 0.409. The monoisotopic (exact) mass is 399 g/mol. The maximum Gasteiger partial charge on any atom is 0.322 e. The van der Waals surface area contributed by atoms with Crippen molar-refractivity contribution in [1.82, 2.24) is 9.80 Å². The van der Waals surface area contributed by atoms with Crippen molar-refractivity contribution < 1.29 is 19.0 Å². The van der Waals surface area contributed by atoms with Gasteiger partial charge in [-0.25, -0.2) is 4.79 Å². The highest BCUT2D eigenvalue weighted by Crippen LogP contribution is 2.29. The number of hydrogen-bond acceptors (Lipinski definition) is 5. The summed E-state index contributed by atoms with van der Waals surface area (Å²) < 4.78 is 15.9. The molecule has 2 amide bonds. The van der Waals surface area contributed by atoms with Gasteiger partial charge in [0.2, 0.25) is 0 Å². The third kappa shape index (κ3) is 5.54. The number of urea groups is 1. The van der Waals surface area contributed by atoms with Gasteiger partial charge in [-0.15, -0.1) is 0 Å². The van der Waals surface area contributed by atoms with Crippen LogP contribution in [0.25, 0.3) is 0 Å². The molecule has 29 heavy (non-hydrogen) atoms. The van der Waals surface area contributed by atoms with Gasteiger partial charge in [-0.1, -0.05) is 12.1 Å². The minimum Gasteiger partial charge on any atom is -0.497 e. The van der Waals surface area contributed by atoms with Crippen molar-refractivity contribution >= 4 is 11.7 Å². The summed E-state index contributed by atoms with van der Waals surface area (Å²) in [5.74, 6) is 2.16. The average molecular weight is 399 g/mol. The summed E-state index contributed by atoms with van der Waals surface area (Å²) in [6, 6.07) is 13.4. The Bertz CT molecular complexity index is 819. The lowest BCUT2D eigenvalue weighted by molar-refractivity contribution is 0.148. The molecule has 2 aromatic rings. The third-order valence-corrected chi connectivity index (χ3v) is 5.16.